The predicted molar refractivity (Wildman–Crippen MR) is 147 cm³/mol. The minimum absolute atomic E-state index is 0.157. The summed E-state index contributed by atoms with van der Waals surface area (Å²) in [6, 6.07) is 8.87. The zero-order valence-electron chi connectivity index (χ0n) is 22.0. The molecule has 0 bridgehead atoms. The lowest BCUT2D eigenvalue weighted by atomic mass is 9.68. The van der Waals surface area contributed by atoms with Crippen molar-refractivity contribution in [2.24, 2.45) is 11.3 Å². The Hall–Kier alpha value is -3.91. The average molecular weight is 481 g/mol. The molecule has 1 aromatic carbocycles. The number of allylic oxidation sites excluding steroid dienone is 9. The molecule has 1 unspecified atom stereocenters. The Morgan fingerprint density at radius 3 is 2.64 bits per heavy atom. The van der Waals surface area contributed by atoms with Gasteiger partial charge in [-0.05, 0) is 80.4 Å². The van der Waals surface area contributed by atoms with Gasteiger partial charge in [0.25, 0.3) is 0 Å². The van der Waals surface area contributed by atoms with Crippen LogP contribution in [0.3, 0.4) is 0 Å². The van der Waals surface area contributed by atoms with E-state index in [1.54, 1.807) is 30.3 Å². The third-order valence-electron chi connectivity index (χ3n) is 6.75. The summed E-state index contributed by atoms with van der Waals surface area (Å²) in [5.41, 5.74) is 6.27. The maximum Gasteiger partial charge on any atom is 0.248 e. The zero-order chi connectivity index (χ0) is 26.1. The van der Waals surface area contributed by atoms with Crippen LogP contribution in [0, 0.1) is 22.7 Å². The van der Waals surface area contributed by atoms with Crippen molar-refractivity contribution in [3.05, 3.63) is 107 Å². The van der Waals surface area contributed by atoms with Crippen LogP contribution in [0.2, 0.25) is 0 Å². The number of nitrogens with zero attached hydrogens (tertiary/aromatic N) is 3. The highest BCUT2D eigenvalue weighted by molar-refractivity contribution is 6.00. The van der Waals surface area contributed by atoms with Crippen molar-refractivity contribution >= 4 is 11.6 Å². The van der Waals surface area contributed by atoms with Crippen molar-refractivity contribution in [1.82, 2.24) is 9.55 Å². The summed E-state index contributed by atoms with van der Waals surface area (Å²) in [5.74, 6) is 0.328. The van der Waals surface area contributed by atoms with Crippen LogP contribution in [0.5, 0.6) is 0 Å². The number of imidazole rings is 1. The fraction of sp³-hybridized carbons (Fsp3) is 0.323. The van der Waals surface area contributed by atoms with Gasteiger partial charge in [-0.3, -0.25) is 4.79 Å². The van der Waals surface area contributed by atoms with Crippen LogP contribution < -0.4 is 5.32 Å². The van der Waals surface area contributed by atoms with Crippen molar-refractivity contribution in [2.45, 2.75) is 54.0 Å². The second-order valence-electron chi connectivity index (χ2n) is 10.1. The Kier molecular flexibility index (Phi) is 9.02. The van der Waals surface area contributed by atoms with Crippen LogP contribution in [0.25, 0.3) is 0 Å². The second kappa shape index (κ2) is 12.2. The van der Waals surface area contributed by atoms with Gasteiger partial charge in [0, 0.05) is 30.7 Å². The highest BCUT2D eigenvalue weighted by Crippen LogP contribution is 2.44. The Labute approximate surface area is 215 Å². The van der Waals surface area contributed by atoms with E-state index in [1.165, 1.54) is 24.0 Å². The van der Waals surface area contributed by atoms with Gasteiger partial charge in [-0.2, -0.15) is 5.26 Å². The normalized spacial score (nSPS) is 18.6. The third-order valence-corrected chi connectivity index (χ3v) is 6.75. The van der Waals surface area contributed by atoms with Crippen molar-refractivity contribution < 1.29 is 4.79 Å². The van der Waals surface area contributed by atoms with Crippen molar-refractivity contribution in [2.75, 3.05) is 5.32 Å². The van der Waals surface area contributed by atoms with Gasteiger partial charge in [-0.15, -0.1) is 0 Å². The molecule has 2 aromatic rings. The molecule has 3 rings (SSSR count). The number of amides is 1. The quantitative estimate of drug-likeness (QED) is 0.322. The molecule has 1 amide bonds. The molecule has 5 nitrogen and oxygen atoms in total. The molecule has 0 radical (unpaired) electrons. The van der Waals surface area contributed by atoms with Gasteiger partial charge in [-0.25, -0.2) is 4.98 Å². The van der Waals surface area contributed by atoms with E-state index in [0.29, 0.717) is 17.2 Å². The second-order valence-corrected chi connectivity index (χ2v) is 10.1. The lowest BCUT2D eigenvalue weighted by Gasteiger charge is -2.37. The lowest BCUT2D eigenvalue weighted by Crippen LogP contribution is -2.26. The van der Waals surface area contributed by atoms with Gasteiger partial charge in [0.2, 0.25) is 5.91 Å². The van der Waals surface area contributed by atoms with Crippen LogP contribution in [0.15, 0.2) is 102 Å². The van der Waals surface area contributed by atoms with Crippen LogP contribution in [-0.4, -0.2) is 15.5 Å². The lowest BCUT2D eigenvalue weighted by molar-refractivity contribution is -0.111. The molecule has 0 saturated heterocycles. The Morgan fingerprint density at radius 1 is 1.22 bits per heavy atom. The summed E-state index contributed by atoms with van der Waals surface area (Å²) in [6.07, 6.45) is 20.1. The van der Waals surface area contributed by atoms with E-state index in [0.717, 1.165) is 17.7 Å². The summed E-state index contributed by atoms with van der Waals surface area (Å²) < 4.78 is 2.17. The highest BCUT2D eigenvalue weighted by atomic mass is 16.1. The smallest absolute Gasteiger partial charge is 0.248 e. The topological polar surface area (TPSA) is 70.7 Å². The van der Waals surface area contributed by atoms with Crippen molar-refractivity contribution in [3.63, 3.8) is 0 Å². The van der Waals surface area contributed by atoms with Crippen molar-refractivity contribution in [1.29, 1.82) is 5.26 Å². The number of rotatable bonds is 8. The van der Waals surface area contributed by atoms with Crippen LogP contribution >= 0.6 is 0 Å². The largest absolute Gasteiger partial charge is 0.337 e. The van der Waals surface area contributed by atoms with Gasteiger partial charge in [0.1, 0.15) is 0 Å². The first-order valence-electron chi connectivity index (χ1n) is 12.4. The van der Waals surface area contributed by atoms with E-state index in [2.05, 4.69) is 66.9 Å². The third kappa shape index (κ3) is 7.55. The van der Waals surface area contributed by atoms with E-state index in [4.69, 9.17) is 5.26 Å². The number of carbonyl (C=O) groups excluding carboxylic acids is 1. The monoisotopic (exact) mass is 480 g/mol. The SMILES string of the molecule is CC1=C(/C=C/C(C)=C/C=C/C(C)=C/C(=O)Nc2ccc(C#N)cc2)C(C)(C)CCC1Cn1ccnc1. The molecule has 0 fully saturated rings. The Bertz CT molecular complexity index is 1250. The maximum absolute atomic E-state index is 12.2. The summed E-state index contributed by atoms with van der Waals surface area (Å²) in [5, 5.41) is 11.7. The number of nitriles is 1. The van der Waals surface area contributed by atoms with Gasteiger partial charge < -0.3 is 9.88 Å². The first-order valence-corrected chi connectivity index (χ1v) is 12.4. The molecule has 186 valence electrons. The number of carbonyl (C=O) groups is 1. The van der Waals surface area contributed by atoms with Gasteiger partial charge in [0.05, 0.1) is 18.0 Å². The fourth-order valence-corrected chi connectivity index (χ4v) is 4.56. The molecule has 1 aromatic heterocycles. The number of aromatic nitrogens is 2. The van der Waals surface area contributed by atoms with E-state index >= 15 is 0 Å². The Morgan fingerprint density at radius 2 is 1.97 bits per heavy atom. The van der Waals surface area contributed by atoms with E-state index in [-0.39, 0.29) is 11.3 Å². The molecule has 0 aliphatic heterocycles. The molecule has 5 heteroatoms. The van der Waals surface area contributed by atoms with Crippen molar-refractivity contribution in [3.8, 4) is 6.07 Å². The van der Waals surface area contributed by atoms with E-state index < -0.39 is 0 Å². The number of nitrogens with one attached hydrogen (secondary N) is 1. The Balaban J connectivity index is 1.62. The average Bonchev–Trinajstić information content (AvgIpc) is 3.34. The molecule has 36 heavy (non-hydrogen) atoms. The molecule has 1 heterocycles. The number of hydrogen-bond acceptors (Lipinski definition) is 3. The summed E-state index contributed by atoms with van der Waals surface area (Å²) >= 11 is 0. The number of hydrogen-bond donors (Lipinski definition) is 1. The minimum atomic E-state index is -0.199. The van der Waals surface area contributed by atoms with E-state index in [9.17, 15) is 4.79 Å². The van der Waals surface area contributed by atoms with Crippen LogP contribution in [0.4, 0.5) is 5.69 Å². The molecule has 1 aliphatic rings. The summed E-state index contributed by atoms with van der Waals surface area (Å²) in [4.78, 5) is 16.4. The highest BCUT2D eigenvalue weighted by Gasteiger charge is 2.31. The predicted octanol–water partition coefficient (Wildman–Crippen LogP) is 7.15. The molecule has 1 N–H and O–H groups in total. The standard InChI is InChI=1S/C31H36N4O/c1-23(7-6-8-24(2)19-30(36)34-28-12-10-26(20-32)11-13-28)9-14-29-25(3)27(15-16-31(29,4)5)21-35-18-17-33-22-35/h6-14,17-19,22,27H,15-16,21H2,1-5H3,(H,34,36)/b8-6+,14-9+,23-7+,24-19+. The van der Waals surface area contributed by atoms with Crippen LogP contribution in [-0.2, 0) is 11.3 Å². The minimum Gasteiger partial charge on any atom is -0.337 e. The summed E-state index contributed by atoms with van der Waals surface area (Å²) in [6.45, 7) is 11.9. The summed E-state index contributed by atoms with van der Waals surface area (Å²) in [7, 11) is 0. The zero-order valence-corrected chi connectivity index (χ0v) is 22.0. The molecule has 1 aliphatic carbocycles. The number of benzene rings is 1. The van der Waals surface area contributed by atoms with Crippen LogP contribution in [0.1, 0.15) is 53.0 Å². The molecule has 0 saturated carbocycles. The maximum atomic E-state index is 12.2. The van der Waals surface area contributed by atoms with Gasteiger partial charge >= 0.3 is 0 Å². The molecule has 1 atom stereocenters. The first kappa shape index (κ1) is 26.7. The molecular formula is C31H36N4O. The first-order chi connectivity index (χ1) is 17.2. The molecule has 0 spiro atoms. The number of anilines is 1. The van der Waals surface area contributed by atoms with Gasteiger partial charge in [0.15, 0.2) is 0 Å². The van der Waals surface area contributed by atoms with Gasteiger partial charge in [-0.1, -0.05) is 55.4 Å². The molecular weight excluding hydrogens is 444 g/mol. The van der Waals surface area contributed by atoms with E-state index in [1.807, 2.05) is 37.8 Å². The fourth-order valence-electron chi connectivity index (χ4n) is 4.56.